The van der Waals surface area contributed by atoms with Gasteiger partial charge in [-0.3, -0.25) is 20.2 Å². The van der Waals surface area contributed by atoms with E-state index in [-0.39, 0.29) is 11.3 Å². The molecule has 3 amide bonds. The number of benzene rings is 1. The van der Waals surface area contributed by atoms with Crippen molar-refractivity contribution in [1.82, 2.24) is 10.6 Å². The molecular formula is C19H26N4O6. The first-order valence-corrected chi connectivity index (χ1v) is 9.56. The summed E-state index contributed by atoms with van der Waals surface area (Å²) in [6.45, 7) is 6.85. The van der Waals surface area contributed by atoms with Gasteiger partial charge < -0.3 is 15.0 Å². The summed E-state index contributed by atoms with van der Waals surface area (Å²) in [5.74, 6) is -1.25. The molecule has 1 fully saturated rings. The van der Waals surface area contributed by atoms with Crippen molar-refractivity contribution in [3.63, 3.8) is 0 Å². The Hall–Kier alpha value is -3.17. The van der Waals surface area contributed by atoms with Crippen LogP contribution in [0.3, 0.4) is 0 Å². The van der Waals surface area contributed by atoms with Crippen LogP contribution in [0.4, 0.5) is 16.2 Å². The Morgan fingerprint density at radius 2 is 2.10 bits per heavy atom. The van der Waals surface area contributed by atoms with E-state index in [0.717, 1.165) is 18.9 Å². The number of urea groups is 1. The molecule has 1 heterocycles. The molecule has 29 heavy (non-hydrogen) atoms. The van der Waals surface area contributed by atoms with E-state index < -0.39 is 28.9 Å². The number of carbonyl (C=O) groups is 3. The number of amides is 3. The van der Waals surface area contributed by atoms with Crippen molar-refractivity contribution in [2.24, 2.45) is 5.92 Å². The fourth-order valence-electron chi connectivity index (χ4n) is 3.17. The Morgan fingerprint density at radius 1 is 1.38 bits per heavy atom. The van der Waals surface area contributed by atoms with Gasteiger partial charge in [0.05, 0.1) is 10.5 Å². The summed E-state index contributed by atoms with van der Waals surface area (Å²) in [5.41, 5.74) is 0.233. The highest BCUT2D eigenvalue weighted by molar-refractivity contribution is 5.98. The third-order valence-corrected chi connectivity index (χ3v) is 4.63. The molecule has 10 nitrogen and oxygen atoms in total. The van der Waals surface area contributed by atoms with E-state index >= 15 is 0 Å². The molecule has 2 N–H and O–H groups in total. The summed E-state index contributed by atoms with van der Waals surface area (Å²) in [6, 6.07) is 3.44. The number of esters is 1. The van der Waals surface area contributed by atoms with Gasteiger partial charge in [-0.25, -0.2) is 9.59 Å². The third kappa shape index (κ3) is 5.90. The van der Waals surface area contributed by atoms with E-state index in [9.17, 15) is 24.5 Å². The van der Waals surface area contributed by atoms with Gasteiger partial charge >= 0.3 is 12.0 Å². The fraction of sp³-hybridized carbons (Fsp3) is 0.526. The zero-order valence-electron chi connectivity index (χ0n) is 16.8. The van der Waals surface area contributed by atoms with E-state index in [4.69, 9.17) is 4.74 Å². The van der Waals surface area contributed by atoms with E-state index in [1.165, 1.54) is 19.1 Å². The van der Waals surface area contributed by atoms with Gasteiger partial charge in [0.2, 0.25) is 0 Å². The summed E-state index contributed by atoms with van der Waals surface area (Å²) in [4.78, 5) is 48.6. The van der Waals surface area contributed by atoms with E-state index in [1.54, 1.807) is 6.92 Å². The molecule has 158 valence electrons. The first-order valence-electron chi connectivity index (χ1n) is 9.56. The first-order chi connectivity index (χ1) is 13.7. The van der Waals surface area contributed by atoms with Gasteiger partial charge in [-0.05, 0) is 44.7 Å². The molecule has 0 bridgehead atoms. The number of imide groups is 1. The minimum atomic E-state index is -1.24. The number of ether oxygens (including phenoxy) is 1. The molecule has 0 aliphatic carbocycles. The van der Waals surface area contributed by atoms with Gasteiger partial charge in [0.15, 0.2) is 6.10 Å². The smallest absolute Gasteiger partial charge is 0.339 e. The van der Waals surface area contributed by atoms with Gasteiger partial charge in [-0.1, -0.05) is 6.92 Å². The van der Waals surface area contributed by atoms with Gasteiger partial charge in [0, 0.05) is 25.7 Å². The summed E-state index contributed by atoms with van der Waals surface area (Å²) < 4.78 is 5.05. The molecule has 0 saturated carbocycles. The van der Waals surface area contributed by atoms with Crippen molar-refractivity contribution in [2.45, 2.75) is 39.7 Å². The van der Waals surface area contributed by atoms with Crippen LogP contribution in [0.1, 0.15) is 44.0 Å². The highest BCUT2D eigenvalue weighted by Gasteiger charge is 2.27. The number of carbonyl (C=O) groups excluding carboxylic acids is 3. The van der Waals surface area contributed by atoms with Gasteiger partial charge in [0.1, 0.15) is 5.69 Å². The number of nitrogens with zero attached hydrogens (tertiary/aromatic N) is 2. The van der Waals surface area contributed by atoms with E-state index in [1.807, 2.05) is 10.2 Å². The highest BCUT2D eigenvalue weighted by atomic mass is 16.6. The van der Waals surface area contributed by atoms with Crippen molar-refractivity contribution in [2.75, 3.05) is 24.5 Å². The van der Waals surface area contributed by atoms with Gasteiger partial charge in [-0.15, -0.1) is 0 Å². The Labute approximate surface area is 168 Å². The second kappa shape index (κ2) is 9.85. The largest absolute Gasteiger partial charge is 0.449 e. The predicted octanol–water partition coefficient (Wildman–Crippen LogP) is 2.22. The number of piperidine rings is 1. The van der Waals surface area contributed by atoms with Crippen LogP contribution >= 0.6 is 0 Å². The minimum Gasteiger partial charge on any atom is -0.449 e. The van der Waals surface area contributed by atoms with Crippen molar-refractivity contribution in [3.05, 3.63) is 33.9 Å². The van der Waals surface area contributed by atoms with Crippen LogP contribution in [0.2, 0.25) is 0 Å². The lowest BCUT2D eigenvalue weighted by molar-refractivity contribution is -0.384. The Balaban J connectivity index is 2.12. The lowest BCUT2D eigenvalue weighted by Crippen LogP contribution is -2.44. The molecule has 10 heteroatoms. The zero-order chi connectivity index (χ0) is 21.6. The molecule has 1 aliphatic heterocycles. The van der Waals surface area contributed by atoms with Crippen molar-refractivity contribution < 1.29 is 24.0 Å². The van der Waals surface area contributed by atoms with Gasteiger partial charge in [0.25, 0.3) is 11.6 Å². The normalized spacial score (nSPS) is 17.2. The number of nitrogens with one attached hydrogen (secondary N) is 2. The maximum atomic E-state index is 12.3. The van der Waals surface area contributed by atoms with Crippen LogP contribution < -0.4 is 15.5 Å². The maximum absolute atomic E-state index is 12.3. The second-order valence-corrected chi connectivity index (χ2v) is 7.05. The molecule has 1 aromatic carbocycles. The molecule has 2 unspecified atom stereocenters. The van der Waals surface area contributed by atoms with Gasteiger partial charge in [-0.2, -0.15) is 0 Å². The molecular weight excluding hydrogens is 380 g/mol. The van der Waals surface area contributed by atoms with E-state index in [0.29, 0.717) is 31.2 Å². The maximum Gasteiger partial charge on any atom is 0.339 e. The molecule has 0 spiro atoms. The zero-order valence-corrected chi connectivity index (χ0v) is 16.8. The third-order valence-electron chi connectivity index (χ3n) is 4.63. The average molecular weight is 406 g/mol. The second-order valence-electron chi connectivity index (χ2n) is 7.05. The average Bonchev–Trinajstić information content (AvgIpc) is 2.67. The molecule has 1 aromatic rings. The lowest BCUT2D eigenvalue weighted by atomic mass is 9.99. The summed E-state index contributed by atoms with van der Waals surface area (Å²) in [5, 5.41) is 16.0. The molecule has 0 aromatic heterocycles. The molecule has 1 aliphatic rings. The lowest BCUT2D eigenvalue weighted by Gasteiger charge is -2.32. The fourth-order valence-corrected chi connectivity index (χ4v) is 3.17. The summed E-state index contributed by atoms with van der Waals surface area (Å²) in [6.07, 6.45) is 0.775. The standard InChI is InChI=1S/C19H26N4O6/c1-4-20-19(26)21-17(24)13(3)29-18(25)14-7-8-15(16(10-14)23(27)28)22-9-5-6-12(2)11-22/h7-8,10,12-13H,4-6,9,11H2,1-3H3,(H2,20,21,24,26). The highest BCUT2D eigenvalue weighted by Crippen LogP contribution is 2.32. The van der Waals surface area contributed by atoms with Crippen LogP contribution in [-0.2, 0) is 9.53 Å². The topological polar surface area (TPSA) is 131 Å². The number of nitro groups is 1. The SMILES string of the molecule is CCNC(=O)NC(=O)C(C)OC(=O)c1ccc(N2CCCC(C)C2)c([N+](=O)[O-])c1. The van der Waals surface area contributed by atoms with Crippen molar-refractivity contribution in [1.29, 1.82) is 0 Å². The summed E-state index contributed by atoms with van der Waals surface area (Å²) >= 11 is 0. The molecule has 2 rings (SSSR count). The Morgan fingerprint density at radius 3 is 2.72 bits per heavy atom. The molecule has 1 saturated heterocycles. The summed E-state index contributed by atoms with van der Waals surface area (Å²) in [7, 11) is 0. The van der Waals surface area contributed by atoms with Crippen LogP contribution in [0, 0.1) is 16.0 Å². The number of rotatable bonds is 6. The van der Waals surface area contributed by atoms with Crippen molar-refractivity contribution in [3.8, 4) is 0 Å². The number of anilines is 1. The number of nitro benzene ring substituents is 1. The van der Waals surface area contributed by atoms with Crippen LogP contribution in [-0.4, -0.2) is 48.6 Å². The van der Waals surface area contributed by atoms with Crippen LogP contribution in [0.25, 0.3) is 0 Å². The first kappa shape index (κ1) is 22.1. The minimum absolute atomic E-state index is 0.0387. The Kier molecular flexibility index (Phi) is 7.52. The number of hydrogen-bond donors (Lipinski definition) is 2. The van der Waals surface area contributed by atoms with Crippen LogP contribution in [0.15, 0.2) is 18.2 Å². The molecule has 0 radical (unpaired) electrons. The van der Waals surface area contributed by atoms with Crippen molar-refractivity contribution >= 4 is 29.3 Å². The Bertz CT molecular complexity index is 797. The number of hydrogen-bond acceptors (Lipinski definition) is 7. The predicted molar refractivity (Wildman–Crippen MR) is 106 cm³/mol. The monoisotopic (exact) mass is 406 g/mol. The van der Waals surface area contributed by atoms with E-state index in [2.05, 4.69) is 12.2 Å². The molecule has 2 atom stereocenters. The van der Waals surface area contributed by atoms with Crippen LogP contribution in [0.5, 0.6) is 0 Å². The quantitative estimate of drug-likeness (QED) is 0.421.